The molecule has 0 bridgehead atoms. The first-order valence-electron chi connectivity index (χ1n) is 6.59. The SMILES string of the molecule is Cc1ccc(S(=O)(=O)N2CCC(C)(C)CC2)cc1N. The first-order valence-corrected chi connectivity index (χ1v) is 8.03. The standard InChI is InChI=1S/C14H22N2O2S/c1-11-4-5-12(10-13(11)15)19(17,18)16-8-6-14(2,3)7-9-16/h4-5,10H,6-9,15H2,1-3H3. The van der Waals surface area contributed by atoms with Crippen molar-refractivity contribution in [2.75, 3.05) is 18.8 Å². The monoisotopic (exact) mass is 282 g/mol. The summed E-state index contributed by atoms with van der Waals surface area (Å²) in [5.74, 6) is 0. The van der Waals surface area contributed by atoms with Gasteiger partial charge >= 0.3 is 0 Å². The van der Waals surface area contributed by atoms with Crippen LogP contribution in [0.15, 0.2) is 23.1 Å². The van der Waals surface area contributed by atoms with Gasteiger partial charge < -0.3 is 5.73 Å². The maximum absolute atomic E-state index is 12.5. The van der Waals surface area contributed by atoms with Gasteiger partial charge in [-0.2, -0.15) is 4.31 Å². The van der Waals surface area contributed by atoms with E-state index in [2.05, 4.69) is 13.8 Å². The number of nitrogen functional groups attached to an aromatic ring is 1. The molecule has 5 heteroatoms. The molecule has 0 aromatic heterocycles. The normalized spacial score (nSPS) is 20.4. The van der Waals surface area contributed by atoms with Crippen molar-refractivity contribution in [1.82, 2.24) is 4.31 Å². The van der Waals surface area contributed by atoms with E-state index in [9.17, 15) is 8.42 Å². The molecule has 0 aliphatic carbocycles. The second kappa shape index (κ2) is 4.80. The van der Waals surface area contributed by atoms with Gasteiger partial charge in [0.25, 0.3) is 0 Å². The summed E-state index contributed by atoms with van der Waals surface area (Å²) in [5, 5.41) is 0. The van der Waals surface area contributed by atoms with E-state index in [1.165, 1.54) is 0 Å². The highest BCUT2D eigenvalue weighted by atomic mass is 32.2. The molecule has 0 radical (unpaired) electrons. The van der Waals surface area contributed by atoms with Gasteiger partial charge in [0, 0.05) is 18.8 Å². The van der Waals surface area contributed by atoms with Crippen LogP contribution < -0.4 is 5.73 Å². The van der Waals surface area contributed by atoms with E-state index in [1.807, 2.05) is 6.92 Å². The number of sulfonamides is 1. The summed E-state index contributed by atoms with van der Waals surface area (Å²) in [6.07, 6.45) is 1.79. The van der Waals surface area contributed by atoms with Crippen molar-refractivity contribution in [2.45, 2.75) is 38.5 Å². The fourth-order valence-electron chi connectivity index (χ4n) is 2.26. The Kier molecular flexibility index (Phi) is 3.62. The van der Waals surface area contributed by atoms with Gasteiger partial charge in [-0.25, -0.2) is 8.42 Å². The number of nitrogens with zero attached hydrogens (tertiary/aromatic N) is 1. The number of piperidine rings is 1. The van der Waals surface area contributed by atoms with Gasteiger partial charge in [0.2, 0.25) is 10.0 Å². The Morgan fingerprint density at radius 2 is 1.79 bits per heavy atom. The molecule has 1 aliphatic heterocycles. The quantitative estimate of drug-likeness (QED) is 0.847. The molecule has 0 spiro atoms. The Bertz CT molecular complexity index is 569. The molecule has 1 heterocycles. The number of benzene rings is 1. The largest absolute Gasteiger partial charge is 0.398 e. The molecular formula is C14H22N2O2S. The highest BCUT2D eigenvalue weighted by Gasteiger charge is 2.32. The zero-order valence-electron chi connectivity index (χ0n) is 11.8. The van der Waals surface area contributed by atoms with E-state index in [4.69, 9.17) is 5.73 Å². The van der Waals surface area contributed by atoms with Crippen molar-refractivity contribution >= 4 is 15.7 Å². The summed E-state index contributed by atoms with van der Waals surface area (Å²) >= 11 is 0. The van der Waals surface area contributed by atoms with Crippen molar-refractivity contribution in [3.63, 3.8) is 0 Å². The second-order valence-corrected chi connectivity index (χ2v) is 8.02. The van der Waals surface area contributed by atoms with Gasteiger partial charge in [-0.05, 0) is 42.9 Å². The number of aryl methyl sites for hydroxylation is 1. The summed E-state index contributed by atoms with van der Waals surface area (Å²) in [5.41, 5.74) is 7.47. The minimum Gasteiger partial charge on any atom is -0.398 e. The lowest BCUT2D eigenvalue weighted by Crippen LogP contribution is -2.41. The highest BCUT2D eigenvalue weighted by Crippen LogP contribution is 2.32. The highest BCUT2D eigenvalue weighted by molar-refractivity contribution is 7.89. The molecule has 0 unspecified atom stereocenters. The first-order chi connectivity index (χ1) is 8.72. The Morgan fingerprint density at radius 3 is 2.32 bits per heavy atom. The molecule has 0 saturated carbocycles. The third-order valence-corrected chi connectivity index (χ3v) is 5.86. The minimum atomic E-state index is -3.40. The van der Waals surface area contributed by atoms with Crippen LogP contribution in [0.25, 0.3) is 0 Å². The molecule has 2 N–H and O–H groups in total. The molecule has 1 fully saturated rings. The average molecular weight is 282 g/mol. The second-order valence-electron chi connectivity index (χ2n) is 6.09. The predicted molar refractivity (Wildman–Crippen MR) is 77.4 cm³/mol. The molecule has 1 aromatic rings. The molecule has 1 saturated heterocycles. The third kappa shape index (κ3) is 2.92. The van der Waals surface area contributed by atoms with E-state index in [-0.39, 0.29) is 5.41 Å². The van der Waals surface area contributed by atoms with Crippen LogP contribution in [0.4, 0.5) is 5.69 Å². The molecule has 0 amide bonds. The van der Waals surface area contributed by atoms with Gasteiger partial charge in [0.05, 0.1) is 4.90 Å². The minimum absolute atomic E-state index is 0.234. The topological polar surface area (TPSA) is 63.4 Å². The predicted octanol–water partition coefficient (Wildman–Crippen LogP) is 2.39. The van der Waals surface area contributed by atoms with Crippen molar-refractivity contribution in [3.8, 4) is 0 Å². The van der Waals surface area contributed by atoms with E-state index in [0.717, 1.165) is 18.4 Å². The molecule has 1 aliphatic rings. The summed E-state index contributed by atoms with van der Waals surface area (Å²) in [4.78, 5) is 0.301. The summed E-state index contributed by atoms with van der Waals surface area (Å²) in [6, 6.07) is 4.96. The van der Waals surface area contributed by atoms with Crippen molar-refractivity contribution in [1.29, 1.82) is 0 Å². The lowest BCUT2D eigenvalue weighted by atomic mass is 9.83. The number of nitrogens with two attached hydrogens (primary N) is 1. The fraction of sp³-hybridized carbons (Fsp3) is 0.571. The Hall–Kier alpha value is -1.07. The van der Waals surface area contributed by atoms with Gasteiger partial charge in [0.1, 0.15) is 0 Å². The number of anilines is 1. The summed E-state index contributed by atoms with van der Waals surface area (Å²) in [7, 11) is -3.40. The Morgan fingerprint density at radius 1 is 1.21 bits per heavy atom. The summed E-state index contributed by atoms with van der Waals surface area (Å²) in [6.45, 7) is 7.41. The average Bonchev–Trinajstić information content (AvgIpc) is 2.32. The molecule has 4 nitrogen and oxygen atoms in total. The van der Waals surface area contributed by atoms with Crippen molar-refractivity contribution in [3.05, 3.63) is 23.8 Å². The summed E-state index contributed by atoms with van der Waals surface area (Å²) < 4.78 is 26.6. The maximum atomic E-state index is 12.5. The Balaban J connectivity index is 2.25. The molecular weight excluding hydrogens is 260 g/mol. The first kappa shape index (κ1) is 14.3. The van der Waals surface area contributed by atoms with Crippen LogP contribution in [0.3, 0.4) is 0 Å². The van der Waals surface area contributed by atoms with E-state index >= 15 is 0 Å². The van der Waals surface area contributed by atoms with Crippen LogP contribution in [0.1, 0.15) is 32.3 Å². The fourth-order valence-corrected chi connectivity index (χ4v) is 3.74. The van der Waals surface area contributed by atoms with Crippen LogP contribution in [-0.2, 0) is 10.0 Å². The lowest BCUT2D eigenvalue weighted by molar-refractivity contribution is 0.196. The molecule has 1 aromatic carbocycles. The van der Waals surface area contributed by atoms with Crippen LogP contribution in [0.5, 0.6) is 0 Å². The third-order valence-electron chi connectivity index (χ3n) is 3.96. The van der Waals surface area contributed by atoms with Gasteiger partial charge in [0.15, 0.2) is 0 Å². The molecule has 106 valence electrons. The number of hydrogen-bond donors (Lipinski definition) is 1. The van der Waals surface area contributed by atoms with E-state index in [1.54, 1.807) is 22.5 Å². The zero-order valence-corrected chi connectivity index (χ0v) is 12.6. The number of rotatable bonds is 2. The zero-order chi connectivity index (χ0) is 14.3. The van der Waals surface area contributed by atoms with Crippen LogP contribution in [0, 0.1) is 12.3 Å². The van der Waals surface area contributed by atoms with Gasteiger partial charge in [-0.15, -0.1) is 0 Å². The van der Waals surface area contributed by atoms with Gasteiger partial charge in [-0.1, -0.05) is 19.9 Å². The molecule has 19 heavy (non-hydrogen) atoms. The van der Waals surface area contributed by atoms with Gasteiger partial charge in [-0.3, -0.25) is 0 Å². The smallest absolute Gasteiger partial charge is 0.243 e. The maximum Gasteiger partial charge on any atom is 0.243 e. The molecule has 2 rings (SSSR count). The van der Waals surface area contributed by atoms with Crippen LogP contribution >= 0.6 is 0 Å². The van der Waals surface area contributed by atoms with Crippen molar-refractivity contribution in [2.24, 2.45) is 5.41 Å². The number of hydrogen-bond acceptors (Lipinski definition) is 3. The van der Waals surface area contributed by atoms with Crippen LogP contribution in [-0.4, -0.2) is 25.8 Å². The van der Waals surface area contributed by atoms with E-state index < -0.39 is 10.0 Å². The molecule has 0 atom stereocenters. The van der Waals surface area contributed by atoms with E-state index in [0.29, 0.717) is 23.7 Å². The van der Waals surface area contributed by atoms with Crippen molar-refractivity contribution < 1.29 is 8.42 Å². The lowest BCUT2D eigenvalue weighted by Gasteiger charge is -2.36. The Labute approximate surface area is 115 Å². The van der Waals surface area contributed by atoms with Crippen LogP contribution in [0.2, 0.25) is 0 Å².